The predicted octanol–water partition coefficient (Wildman–Crippen LogP) is 2.72. The topological polar surface area (TPSA) is 32.3 Å². The molecule has 2 nitrogen and oxygen atoms in total. The van der Waals surface area contributed by atoms with E-state index in [1.807, 2.05) is 6.07 Å². The summed E-state index contributed by atoms with van der Waals surface area (Å²) in [5.41, 5.74) is 1.28. The molecule has 0 amide bonds. The first kappa shape index (κ1) is 12.6. The molecule has 0 unspecified atom stereocenters. The predicted molar refractivity (Wildman–Crippen MR) is 70.7 cm³/mol. The number of aliphatic hydroxyl groups is 1. The van der Waals surface area contributed by atoms with E-state index in [0.29, 0.717) is 5.92 Å². The van der Waals surface area contributed by atoms with Crippen LogP contribution in [0.2, 0.25) is 0 Å². The van der Waals surface area contributed by atoms with Gasteiger partial charge in [-0.25, -0.2) is 0 Å². The molecule has 1 aliphatic rings. The lowest BCUT2D eigenvalue weighted by Gasteiger charge is -2.26. The summed E-state index contributed by atoms with van der Waals surface area (Å²) in [5.74, 6) is 0.520. The van der Waals surface area contributed by atoms with Crippen LogP contribution in [0.25, 0.3) is 0 Å². The van der Waals surface area contributed by atoms with E-state index in [9.17, 15) is 5.11 Å². The van der Waals surface area contributed by atoms with Crippen LogP contribution in [-0.4, -0.2) is 17.8 Å². The van der Waals surface area contributed by atoms with Crippen LogP contribution in [0.4, 0.5) is 0 Å². The van der Waals surface area contributed by atoms with E-state index in [1.165, 1.54) is 37.7 Å². The van der Waals surface area contributed by atoms with Crippen LogP contribution in [0.15, 0.2) is 30.3 Å². The van der Waals surface area contributed by atoms with E-state index in [2.05, 4.69) is 29.6 Å². The monoisotopic (exact) mass is 233 g/mol. The van der Waals surface area contributed by atoms with Gasteiger partial charge in [0.2, 0.25) is 0 Å². The Morgan fingerprint density at radius 2 is 1.82 bits per heavy atom. The standard InChI is InChI=1S/C15H23NO/c17-15(14-9-5-2-6-10-14)12-16-11-13-7-3-1-4-8-13/h1,3-4,7-8,14-17H,2,5-6,9-12H2/t15-/m0/s1. The minimum Gasteiger partial charge on any atom is -0.392 e. The van der Waals surface area contributed by atoms with Crippen molar-refractivity contribution in [3.8, 4) is 0 Å². The highest BCUT2D eigenvalue weighted by Crippen LogP contribution is 2.26. The van der Waals surface area contributed by atoms with Crippen molar-refractivity contribution >= 4 is 0 Å². The highest BCUT2D eigenvalue weighted by Gasteiger charge is 2.20. The Morgan fingerprint density at radius 1 is 1.12 bits per heavy atom. The lowest BCUT2D eigenvalue weighted by Crippen LogP contribution is -2.33. The molecule has 17 heavy (non-hydrogen) atoms. The van der Waals surface area contributed by atoms with Gasteiger partial charge in [-0.1, -0.05) is 49.6 Å². The van der Waals surface area contributed by atoms with Gasteiger partial charge in [0.25, 0.3) is 0 Å². The molecule has 2 rings (SSSR count). The maximum Gasteiger partial charge on any atom is 0.0692 e. The molecule has 0 radical (unpaired) electrons. The zero-order valence-corrected chi connectivity index (χ0v) is 10.4. The molecule has 2 N–H and O–H groups in total. The van der Waals surface area contributed by atoms with E-state index in [0.717, 1.165) is 13.1 Å². The first-order valence-corrected chi connectivity index (χ1v) is 6.79. The Labute approximate surface area is 104 Å². The molecule has 0 aromatic heterocycles. The first-order valence-electron chi connectivity index (χ1n) is 6.79. The van der Waals surface area contributed by atoms with E-state index in [1.54, 1.807) is 0 Å². The molecule has 1 aromatic carbocycles. The van der Waals surface area contributed by atoms with Gasteiger partial charge < -0.3 is 10.4 Å². The van der Waals surface area contributed by atoms with Crippen LogP contribution >= 0.6 is 0 Å². The average Bonchev–Trinajstić information content (AvgIpc) is 2.41. The van der Waals surface area contributed by atoms with Crippen LogP contribution in [-0.2, 0) is 6.54 Å². The normalized spacial score (nSPS) is 19.1. The second kappa shape index (κ2) is 6.77. The van der Waals surface area contributed by atoms with Crippen LogP contribution in [0.3, 0.4) is 0 Å². The van der Waals surface area contributed by atoms with E-state index in [4.69, 9.17) is 0 Å². The first-order chi connectivity index (χ1) is 8.36. The smallest absolute Gasteiger partial charge is 0.0692 e. The fraction of sp³-hybridized carbons (Fsp3) is 0.600. The van der Waals surface area contributed by atoms with Crippen LogP contribution < -0.4 is 5.32 Å². The van der Waals surface area contributed by atoms with Crippen molar-refractivity contribution in [2.24, 2.45) is 5.92 Å². The molecule has 0 bridgehead atoms. The number of aliphatic hydroxyl groups excluding tert-OH is 1. The van der Waals surface area contributed by atoms with Crippen LogP contribution in [0.1, 0.15) is 37.7 Å². The van der Waals surface area contributed by atoms with Gasteiger partial charge in [0.05, 0.1) is 6.10 Å². The van der Waals surface area contributed by atoms with Gasteiger partial charge in [-0.05, 0) is 24.3 Å². The Kier molecular flexibility index (Phi) is 5.02. The van der Waals surface area contributed by atoms with Crippen molar-refractivity contribution in [3.05, 3.63) is 35.9 Å². The number of hydrogen-bond donors (Lipinski definition) is 2. The van der Waals surface area contributed by atoms with Crippen molar-refractivity contribution < 1.29 is 5.11 Å². The molecule has 1 saturated carbocycles. The third kappa shape index (κ3) is 4.14. The molecule has 0 saturated heterocycles. The fourth-order valence-electron chi connectivity index (χ4n) is 2.65. The van der Waals surface area contributed by atoms with Crippen molar-refractivity contribution in [2.45, 2.75) is 44.8 Å². The second-order valence-corrected chi connectivity index (χ2v) is 5.08. The van der Waals surface area contributed by atoms with Crippen molar-refractivity contribution in [1.29, 1.82) is 0 Å². The number of rotatable bonds is 5. The molecular formula is C15H23NO. The largest absolute Gasteiger partial charge is 0.392 e. The second-order valence-electron chi connectivity index (χ2n) is 5.08. The Bertz CT molecular complexity index is 306. The lowest BCUT2D eigenvalue weighted by molar-refractivity contribution is 0.0839. The molecule has 94 valence electrons. The summed E-state index contributed by atoms with van der Waals surface area (Å²) in [6, 6.07) is 10.4. The van der Waals surface area contributed by atoms with Gasteiger partial charge >= 0.3 is 0 Å². The molecule has 1 aliphatic carbocycles. The molecule has 0 heterocycles. The molecular weight excluding hydrogens is 210 g/mol. The third-order valence-corrected chi connectivity index (χ3v) is 3.72. The SMILES string of the molecule is O[C@@H](CNCc1ccccc1)C1CCCCC1. The molecule has 0 spiro atoms. The maximum atomic E-state index is 10.1. The van der Waals surface area contributed by atoms with E-state index in [-0.39, 0.29) is 6.10 Å². The Balaban J connectivity index is 1.67. The summed E-state index contributed by atoms with van der Waals surface area (Å²) in [4.78, 5) is 0. The summed E-state index contributed by atoms with van der Waals surface area (Å²) >= 11 is 0. The number of benzene rings is 1. The van der Waals surface area contributed by atoms with Gasteiger partial charge in [0.15, 0.2) is 0 Å². The number of hydrogen-bond acceptors (Lipinski definition) is 2. The van der Waals surface area contributed by atoms with Crippen LogP contribution in [0.5, 0.6) is 0 Å². The summed E-state index contributed by atoms with van der Waals surface area (Å²) in [5, 5.41) is 13.4. The summed E-state index contributed by atoms with van der Waals surface area (Å²) in [7, 11) is 0. The average molecular weight is 233 g/mol. The Hall–Kier alpha value is -0.860. The van der Waals surface area contributed by atoms with E-state index < -0.39 is 0 Å². The molecule has 1 atom stereocenters. The highest BCUT2D eigenvalue weighted by molar-refractivity contribution is 5.14. The van der Waals surface area contributed by atoms with Crippen molar-refractivity contribution in [3.63, 3.8) is 0 Å². The minimum atomic E-state index is -0.168. The maximum absolute atomic E-state index is 10.1. The van der Waals surface area contributed by atoms with Crippen LogP contribution in [0, 0.1) is 5.92 Å². The van der Waals surface area contributed by atoms with Gasteiger partial charge in [0.1, 0.15) is 0 Å². The minimum absolute atomic E-state index is 0.168. The quantitative estimate of drug-likeness (QED) is 0.819. The zero-order valence-electron chi connectivity index (χ0n) is 10.4. The molecule has 2 heteroatoms. The van der Waals surface area contributed by atoms with Gasteiger partial charge in [-0.3, -0.25) is 0 Å². The fourth-order valence-corrected chi connectivity index (χ4v) is 2.65. The van der Waals surface area contributed by atoms with Crippen molar-refractivity contribution in [1.82, 2.24) is 5.32 Å². The lowest BCUT2D eigenvalue weighted by atomic mass is 9.85. The molecule has 1 aromatic rings. The van der Waals surface area contributed by atoms with Crippen molar-refractivity contribution in [2.75, 3.05) is 6.54 Å². The van der Waals surface area contributed by atoms with Gasteiger partial charge in [-0.2, -0.15) is 0 Å². The summed E-state index contributed by atoms with van der Waals surface area (Å²) in [6.45, 7) is 1.57. The molecule has 1 fully saturated rings. The summed E-state index contributed by atoms with van der Waals surface area (Å²) < 4.78 is 0. The zero-order chi connectivity index (χ0) is 11.9. The molecule has 0 aliphatic heterocycles. The highest BCUT2D eigenvalue weighted by atomic mass is 16.3. The third-order valence-electron chi connectivity index (χ3n) is 3.72. The van der Waals surface area contributed by atoms with E-state index >= 15 is 0 Å². The number of nitrogens with one attached hydrogen (secondary N) is 1. The van der Waals surface area contributed by atoms with Gasteiger partial charge in [-0.15, -0.1) is 0 Å². The van der Waals surface area contributed by atoms with Gasteiger partial charge in [0, 0.05) is 13.1 Å². The summed E-state index contributed by atoms with van der Waals surface area (Å²) in [6.07, 6.45) is 6.17. The Morgan fingerprint density at radius 3 is 2.53 bits per heavy atom.